The maximum absolute atomic E-state index is 12.3. The minimum atomic E-state index is -2.34. The molecule has 0 bridgehead atoms. The summed E-state index contributed by atoms with van der Waals surface area (Å²) < 4.78 is 46.1. The van der Waals surface area contributed by atoms with Crippen molar-refractivity contribution in [2.45, 2.75) is 45.2 Å². The van der Waals surface area contributed by atoms with Crippen molar-refractivity contribution < 1.29 is 47.9 Å². The number of benzene rings is 1. The van der Waals surface area contributed by atoms with Gasteiger partial charge in [0.2, 0.25) is 0 Å². The second-order valence-corrected chi connectivity index (χ2v) is 8.59. The van der Waals surface area contributed by atoms with Gasteiger partial charge in [0.15, 0.2) is 0 Å². The van der Waals surface area contributed by atoms with Gasteiger partial charge in [0, 0.05) is 75.7 Å². The van der Waals surface area contributed by atoms with Gasteiger partial charge in [-0.2, -0.15) is 0 Å². The normalized spacial score (nSPS) is 10.0. The number of nitrogens with one attached hydrogen (secondary N) is 1. The first-order valence-electron chi connectivity index (χ1n) is 11.7. The number of pyridine rings is 2. The van der Waals surface area contributed by atoms with Crippen molar-refractivity contribution in [1.82, 2.24) is 14.9 Å². The largest absolute Gasteiger partial charge is 0 e. The minimum absolute atomic E-state index is 0. The topological polar surface area (TPSA) is 158 Å². The average molecular weight is 736 g/mol. The predicted molar refractivity (Wildman–Crippen MR) is 141 cm³/mol. The van der Waals surface area contributed by atoms with Crippen molar-refractivity contribution in [1.29, 1.82) is 0 Å². The van der Waals surface area contributed by atoms with Crippen LogP contribution < -0.4 is 4.72 Å². The Labute approximate surface area is 251 Å². The van der Waals surface area contributed by atoms with Gasteiger partial charge in [-0.05, 0) is 61.3 Å². The quantitative estimate of drug-likeness (QED) is 0.114. The number of carbonyl (C=O) groups excluding carboxylic acids is 1. The first-order chi connectivity index (χ1) is 19.1. The van der Waals surface area contributed by atoms with Gasteiger partial charge in [-0.15, -0.1) is 0 Å². The van der Waals surface area contributed by atoms with Gasteiger partial charge in [0.25, 0.3) is 0 Å². The van der Waals surface area contributed by atoms with Crippen LogP contribution in [0.15, 0.2) is 73.1 Å². The third kappa shape index (κ3) is 18.3. The molecule has 0 aliphatic carbocycles. The molecule has 1 aromatic carbocycles. The molecule has 1 radical (unpaired) electrons. The predicted octanol–water partition coefficient (Wildman–Crippen LogP) is 3.94. The third-order valence-electron chi connectivity index (χ3n) is 5.21. The van der Waals surface area contributed by atoms with Crippen molar-refractivity contribution in [3.05, 3.63) is 110 Å². The first-order valence-corrected chi connectivity index (χ1v) is 12.8. The van der Waals surface area contributed by atoms with Crippen LogP contribution in [0.5, 0.6) is 0 Å². The van der Waals surface area contributed by atoms with Crippen molar-refractivity contribution in [2.24, 2.45) is 0 Å². The van der Waals surface area contributed by atoms with Crippen LogP contribution >= 0.6 is 0 Å². The fourth-order valence-electron chi connectivity index (χ4n) is 3.59. The number of nitrogens with zero attached hydrogens (tertiary/aromatic N) is 3. The monoisotopic (exact) mass is 736 g/mol. The van der Waals surface area contributed by atoms with Gasteiger partial charge in [-0.25, -0.2) is 0 Å². The molecular weight excluding hydrogens is 707 g/mol. The summed E-state index contributed by atoms with van der Waals surface area (Å²) in [6.45, 7) is 15.9. The third-order valence-corrected chi connectivity index (χ3v) is 5.61. The van der Waals surface area contributed by atoms with Crippen molar-refractivity contribution in [3.8, 4) is 0 Å². The molecule has 0 spiro atoms. The Hall–Kier alpha value is -3.06. The summed E-state index contributed by atoms with van der Waals surface area (Å²) in [6.07, 6.45) is 7.37. The summed E-state index contributed by atoms with van der Waals surface area (Å²) in [5, 5.41) is 0. The zero-order chi connectivity index (χ0) is 29.3. The van der Waals surface area contributed by atoms with Gasteiger partial charge < -0.3 is 9.27 Å². The fourth-order valence-corrected chi connectivity index (χ4v) is 3.92. The molecule has 3 rings (SSSR count). The Morgan fingerprint density at radius 1 is 0.825 bits per heavy atom. The van der Waals surface area contributed by atoms with Crippen molar-refractivity contribution >= 4 is 22.7 Å². The molecule has 10 nitrogen and oxygen atoms in total. The summed E-state index contributed by atoms with van der Waals surface area (Å²) in [7, 11) is 0. The number of unbranched alkanes of at least 4 members (excludes halogenated alkanes) is 2. The summed E-state index contributed by atoms with van der Waals surface area (Å²) in [4.78, 5) is 23.5. The van der Waals surface area contributed by atoms with E-state index in [2.05, 4.69) is 39.5 Å². The summed E-state index contributed by atoms with van der Waals surface area (Å²) in [5.41, 5.74) is 3.44. The molecule has 1 unspecified atom stereocenters. The van der Waals surface area contributed by atoms with E-state index in [1.165, 1.54) is 0 Å². The Morgan fingerprint density at radius 2 is 1.35 bits per heavy atom. The Bertz CT molecular complexity index is 1090. The summed E-state index contributed by atoms with van der Waals surface area (Å²) >= 11 is -2.34. The van der Waals surface area contributed by atoms with Crippen LogP contribution in [0.2, 0.25) is 0 Å². The number of hydrogen-bond acceptors (Lipinski definition) is 6. The van der Waals surface area contributed by atoms with Crippen LogP contribution in [0.4, 0.5) is 5.69 Å². The van der Waals surface area contributed by atoms with Crippen LogP contribution in [0.25, 0.3) is 0 Å². The van der Waals surface area contributed by atoms with Crippen molar-refractivity contribution in [3.63, 3.8) is 0 Å². The van der Waals surface area contributed by atoms with E-state index in [9.17, 15) is 13.6 Å². The van der Waals surface area contributed by atoms with Gasteiger partial charge >= 0.3 is 33.9 Å². The molecule has 2 heterocycles. The molecular formula is C28H29N4O6ReS-. The van der Waals surface area contributed by atoms with Gasteiger partial charge in [-0.1, -0.05) is 30.7 Å². The average Bonchev–Trinajstić information content (AvgIpc) is 2.98. The standard InChI is InChI=1S/C25H30N4O3S.3CO.Re/c30-25(18-21-11-13-22(14-12-21)28-33(31)32)10-2-1-7-17-29(19-23-8-3-5-15-26-23)20-24-9-4-6-16-27-24;3*1-2;/h3-6,8-9,11-16,28H,1-2,7,10,17-20H2,(H,31,32);;;;/p-1. The second-order valence-electron chi connectivity index (χ2n) is 7.91. The molecule has 0 aliphatic heterocycles. The number of ketones is 1. The van der Waals surface area contributed by atoms with E-state index >= 15 is 0 Å². The molecule has 0 saturated heterocycles. The number of rotatable bonds is 14. The Kier molecular flexibility index (Phi) is 25.6. The van der Waals surface area contributed by atoms with Crippen LogP contribution in [-0.4, -0.2) is 36.0 Å². The molecule has 211 valence electrons. The molecule has 0 saturated carbocycles. The number of aromatic nitrogens is 2. The number of carbonyl (C=O) groups is 1. The zero-order valence-electron chi connectivity index (χ0n) is 21.7. The van der Waals surface area contributed by atoms with Crippen LogP contribution in [0, 0.1) is 20.0 Å². The Balaban J connectivity index is 0. The van der Waals surface area contributed by atoms with Gasteiger partial charge in [0.05, 0.1) is 11.4 Å². The van der Waals surface area contributed by atoms with Crippen molar-refractivity contribution in [2.75, 3.05) is 11.3 Å². The Morgan fingerprint density at radius 3 is 1.80 bits per heavy atom. The number of anilines is 1. The molecule has 1 N–H and O–H groups in total. The van der Waals surface area contributed by atoms with E-state index in [0.717, 1.165) is 55.8 Å². The molecule has 2 aromatic heterocycles. The molecule has 0 amide bonds. The number of hydrogen-bond donors (Lipinski definition) is 1. The van der Waals surface area contributed by atoms with Gasteiger partial charge in [-0.3, -0.25) is 23.9 Å². The van der Waals surface area contributed by atoms with E-state index in [1.807, 2.05) is 48.8 Å². The van der Waals surface area contributed by atoms with Crippen LogP contribution in [0.1, 0.15) is 42.6 Å². The zero-order valence-corrected chi connectivity index (χ0v) is 25.2. The van der Waals surface area contributed by atoms with Gasteiger partial charge in [0.1, 0.15) is 5.78 Å². The minimum Gasteiger partial charge on any atom is 0 e. The first kappa shape index (κ1) is 39.1. The molecule has 0 fully saturated rings. The SMILES string of the molecule is O=C(CCCCCN(Cc1ccccn1)Cc1ccccn1)Cc1ccc(NS(=O)[O-])cc1.[C-]#[O+].[C-]#[O+].[C-]#[O+].[Re]. The van der Waals surface area contributed by atoms with E-state index < -0.39 is 11.3 Å². The molecule has 40 heavy (non-hydrogen) atoms. The van der Waals surface area contributed by atoms with E-state index in [4.69, 9.17) is 14.0 Å². The molecule has 0 aliphatic rings. The fraction of sp³-hybridized carbons (Fsp3) is 0.286. The summed E-state index contributed by atoms with van der Waals surface area (Å²) in [5.74, 6) is 0.196. The number of Topliss-reactive ketones (excluding diaryl/α,β-unsaturated/α-hetero) is 1. The van der Waals surface area contributed by atoms with Crippen LogP contribution in [0.3, 0.4) is 0 Å². The maximum Gasteiger partial charge on any atom is 0 e. The summed E-state index contributed by atoms with van der Waals surface area (Å²) in [6, 6.07) is 18.8. The van der Waals surface area contributed by atoms with E-state index in [0.29, 0.717) is 18.5 Å². The maximum atomic E-state index is 12.3. The molecule has 1 atom stereocenters. The van der Waals surface area contributed by atoms with E-state index in [1.54, 1.807) is 24.3 Å². The smallest absolute Gasteiger partial charge is 0 e. The molecule has 12 heteroatoms. The second kappa shape index (κ2) is 26.2. The molecule has 3 aromatic rings. The van der Waals surface area contributed by atoms with E-state index in [-0.39, 0.29) is 26.2 Å². The van der Waals surface area contributed by atoms with Crippen LogP contribution in [-0.2, 0) is 70.0 Å².